The molecule has 1 aromatic carbocycles. The van der Waals surface area contributed by atoms with Crippen molar-refractivity contribution in [2.75, 3.05) is 11.4 Å². The first-order valence-corrected chi connectivity index (χ1v) is 8.82. The van der Waals surface area contributed by atoms with Gasteiger partial charge in [-0.15, -0.1) is 0 Å². The number of aromatic nitrogens is 1. The molecule has 1 aliphatic heterocycles. The van der Waals surface area contributed by atoms with Crippen molar-refractivity contribution in [3.05, 3.63) is 59.4 Å². The van der Waals surface area contributed by atoms with Crippen LogP contribution >= 0.6 is 0 Å². The number of nitrogens with zero attached hydrogens (tertiary/aromatic N) is 2. The summed E-state index contributed by atoms with van der Waals surface area (Å²) in [4.78, 5) is 6.82. The van der Waals surface area contributed by atoms with Gasteiger partial charge in [0.25, 0.3) is 0 Å². The maximum absolute atomic E-state index is 4.35. The first kappa shape index (κ1) is 23.2. The first-order chi connectivity index (χ1) is 11.0. The summed E-state index contributed by atoms with van der Waals surface area (Å²) in [5, 5.41) is 0. The van der Waals surface area contributed by atoms with Crippen LogP contribution in [0.25, 0.3) is 0 Å². The van der Waals surface area contributed by atoms with E-state index in [2.05, 4.69) is 80.9 Å². The van der Waals surface area contributed by atoms with Crippen molar-refractivity contribution in [2.45, 2.75) is 74.3 Å². The van der Waals surface area contributed by atoms with Gasteiger partial charge in [0.2, 0.25) is 0 Å². The van der Waals surface area contributed by atoms with Gasteiger partial charge in [0, 0.05) is 30.2 Å². The quantitative estimate of drug-likeness (QED) is 0.633. The van der Waals surface area contributed by atoms with Gasteiger partial charge in [0.1, 0.15) is 0 Å². The van der Waals surface area contributed by atoms with E-state index in [1.165, 1.54) is 35.5 Å². The molecule has 2 heterocycles. The van der Waals surface area contributed by atoms with Gasteiger partial charge in [0.05, 0.1) is 0 Å². The summed E-state index contributed by atoms with van der Waals surface area (Å²) in [6.07, 6.45) is 4.26. The Kier molecular flexibility index (Phi) is 10.1. The van der Waals surface area contributed by atoms with Crippen LogP contribution in [0.2, 0.25) is 0 Å². The molecule has 0 atom stereocenters. The van der Waals surface area contributed by atoms with E-state index in [0.717, 1.165) is 6.42 Å². The van der Waals surface area contributed by atoms with Crippen molar-refractivity contribution in [1.82, 2.24) is 4.98 Å². The molecule has 0 saturated heterocycles. The van der Waals surface area contributed by atoms with Gasteiger partial charge < -0.3 is 4.90 Å². The van der Waals surface area contributed by atoms with Crippen LogP contribution in [-0.2, 0) is 12.8 Å². The third-order valence-corrected chi connectivity index (χ3v) is 4.39. The van der Waals surface area contributed by atoms with Crippen molar-refractivity contribution in [3.8, 4) is 0 Å². The van der Waals surface area contributed by atoms with Crippen LogP contribution in [0.4, 0.5) is 5.69 Å². The summed E-state index contributed by atoms with van der Waals surface area (Å²) in [5.74, 6) is 0.543. The van der Waals surface area contributed by atoms with Crippen LogP contribution in [0, 0.1) is 0 Å². The van der Waals surface area contributed by atoms with Gasteiger partial charge in [0.15, 0.2) is 0 Å². The van der Waals surface area contributed by atoms with Gasteiger partial charge >= 0.3 is 0 Å². The van der Waals surface area contributed by atoms with E-state index in [1.54, 1.807) is 0 Å². The van der Waals surface area contributed by atoms with Crippen molar-refractivity contribution < 1.29 is 0 Å². The Morgan fingerprint density at radius 2 is 1.68 bits per heavy atom. The Balaban J connectivity index is 0.000000429. The third-order valence-electron chi connectivity index (χ3n) is 4.39. The van der Waals surface area contributed by atoms with E-state index < -0.39 is 0 Å². The van der Waals surface area contributed by atoms with Crippen molar-refractivity contribution in [3.63, 3.8) is 0 Å². The summed E-state index contributed by atoms with van der Waals surface area (Å²) in [6, 6.07) is 13.6. The van der Waals surface area contributed by atoms with Crippen molar-refractivity contribution in [2.24, 2.45) is 0 Å². The van der Waals surface area contributed by atoms with E-state index >= 15 is 0 Å². The summed E-state index contributed by atoms with van der Waals surface area (Å²) in [7, 11) is 0. The number of aryl methyl sites for hydroxylation is 1. The van der Waals surface area contributed by atoms with Crippen LogP contribution in [-0.4, -0.2) is 17.6 Å². The SMILES string of the molecule is C.C.CC(C)N1CCc2ccccc21.CCc1ccc(C(C)C)nc1. The van der Waals surface area contributed by atoms with Gasteiger partial charge in [-0.2, -0.15) is 0 Å². The van der Waals surface area contributed by atoms with Gasteiger partial charge in [-0.3, -0.25) is 4.98 Å². The van der Waals surface area contributed by atoms with Crippen LogP contribution < -0.4 is 4.90 Å². The molecule has 0 bridgehead atoms. The maximum atomic E-state index is 4.35. The number of hydrogen-bond acceptors (Lipinski definition) is 2. The molecule has 1 aromatic heterocycles. The minimum atomic E-state index is 0. The number of benzene rings is 1. The zero-order valence-corrected chi connectivity index (χ0v) is 15.2. The topological polar surface area (TPSA) is 16.1 Å². The normalized spacial score (nSPS) is 12.0. The molecular formula is C23H38N2. The molecule has 0 aliphatic carbocycles. The summed E-state index contributed by atoms with van der Waals surface area (Å²) in [5.41, 5.74) is 5.44. The predicted octanol–water partition coefficient (Wildman–Crippen LogP) is 6.50. The second-order valence-corrected chi connectivity index (χ2v) is 6.77. The number of anilines is 1. The van der Waals surface area contributed by atoms with Crippen molar-refractivity contribution in [1.29, 1.82) is 0 Å². The fourth-order valence-electron chi connectivity index (χ4n) is 2.89. The molecule has 140 valence electrons. The number of hydrogen-bond donors (Lipinski definition) is 0. The average molecular weight is 343 g/mol. The highest BCUT2D eigenvalue weighted by Gasteiger charge is 2.19. The largest absolute Gasteiger partial charge is 0.369 e. The van der Waals surface area contributed by atoms with Crippen LogP contribution in [0.5, 0.6) is 0 Å². The lowest BCUT2D eigenvalue weighted by molar-refractivity contribution is 0.710. The van der Waals surface area contributed by atoms with Gasteiger partial charge in [-0.1, -0.05) is 59.9 Å². The van der Waals surface area contributed by atoms with E-state index in [9.17, 15) is 0 Å². The van der Waals surface area contributed by atoms with Crippen LogP contribution in [0.1, 0.15) is 72.2 Å². The van der Waals surface area contributed by atoms with Gasteiger partial charge in [-0.05, 0) is 55.9 Å². The number of para-hydroxylation sites is 1. The Bertz CT molecular complexity index is 600. The highest BCUT2D eigenvalue weighted by atomic mass is 15.2. The molecule has 2 heteroatoms. The van der Waals surface area contributed by atoms with E-state index in [0.29, 0.717) is 12.0 Å². The van der Waals surface area contributed by atoms with Crippen molar-refractivity contribution >= 4 is 5.69 Å². The first-order valence-electron chi connectivity index (χ1n) is 8.82. The summed E-state index contributed by atoms with van der Waals surface area (Å²) in [6.45, 7) is 12.2. The van der Waals surface area contributed by atoms with Gasteiger partial charge in [-0.25, -0.2) is 0 Å². The summed E-state index contributed by atoms with van der Waals surface area (Å²) < 4.78 is 0. The van der Waals surface area contributed by atoms with E-state index in [-0.39, 0.29) is 14.9 Å². The number of fused-ring (bicyclic) bond motifs is 1. The predicted molar refractivity (Wildman–Crippen MR) is 114 cm³/mol. The second-order valence-electron chi connectivity index (χ2n) is 6.77. The fraction of sp³-hybridized carbons (Fsp3) is 0.522. The highest BCUT2D eigenvalue weighted by molar-refractivity contribution is 5.58. The Labute approximate surface area is 156 Å². The minimum absolute atomic E-state index is 0. The molecule has 0 amide bonds. The lowest BCUT2D eigenvalue weighted by Gasteiger charge is -2.23. The molecule has 2 aromatic rings. The third kappa shape index (κ3) is 6.19. The zero-order valence-electron chi connectivity index (χ0n) is 15.2. The maximum Gasteiger partial charge on any atom is 0.0429 e. The molecular weight excluding hydrogens is 304 g/mol. The highest BCUT2D eigenvalue weighted by Crippen LogP contribution is 2.28. The lowest BCUT2D eigenvalue weighted by atomic mass is 10.1. The fourth-order valence-corrected chi connectivity index (χ4v) is 2.89. The number of pyridine rings is 1. The molecule has 2 nitrogen and oxygen atoms in total. The standard InChI is InChI=1S/C11H15N.C10H15N.2CH4/c1-9(2)12-8-7-10-5-3-4-6-11(10)12;1-4-9-5-6-10(8(2)3)11-7-9;;/h3-6,9H,7-8H2,1-2H3;5-8H,4H2,1-3H3;2*1H4. The van der Waals surface area contributed by atoms with Crippen LogP contribution in [0.3, 0.4) is 0 Å². The summed E-state index contributed by atoms with van der Waals surface area (Å²) >= 11 is 0. The van der Waals surface area contributed by atoms with E-state index in [4.69, 9.17) is 0 Å². The smallest absolute Gasteiger partial charge is 0.0429 e. The molecule has 1 aliphatic rings. The Morgan fingerprint density at radius 3 is 2.20 bits per heavy atom. The minimum Gasteiger partial charge on any atom is -0.369 e. The zero-order chi connectivity index (χ0) is 16.8. The monoisotopic (exact) mass is 342 g/mol. The Morgan fingerprint density at radius 1 is 1.00 bits per heavy atom. The molecule has 0 spiro atoms. The number of rotatable bonds is 3. The Hall–Kier alpha value is -1.83. The van der Waals surface area contributed by atoms with Crippen LogP contribution in [0.15, 0.2) is 42.6 Å². The average Bonchev–Trinajstić information content (AvgIpc) is 3.00. The molecule has 0 unspecified atom stereocenters. The molecule has 0 N–H and O–H groups in total. The molecule has 3 rings (SSSR count). The molecule has 25 heavy (non-hydrogen) atoms. The van der Waals surface area contributed by atoms with E-state index in [1.807, 2.05) is 6.20 Å². The molecule has 0 radical (unpaired) electrons. The second kappa shape index (κ2) is 10.9. The molecule has 0 fully saturated rings. The molecule has 0 saturated carbocycles. The lowest BCUT2D eigenvalue weighted by Crippen LogP contribution is -2.28.